The second kappa shape index (κ2) is 7.56. The van der Waals surface area contributed by atoms with Crippen LogP contribution in [0.15, 0.2) is 58.6 Å². The molecule has 0 aliphatic carbocycles. The Morgan fingerprint density at radius 3 is 2.62 bits per heavy atom. The molecule has 26 heavy (non-hydrogen) atoms. The third kappa shape index (κ3) is 3.95. The first-order valence-electron chi connectivity index (χ1n) is 7.87. The molecule has 0 bridgehead atoms. The van der Waals surface area contributed by atoms with Gasteiger partial charge >= 0.3 is 0 Å². The first-order chi connectivity index (χ1) is 12.4. The molecule has 0 N–H and O–H groups in total. The largest absolute Gasteiger partial charge is 0.242 e. The lowest BCUT2D eigenvalue weighted by Gasteiger charge is -2.12. The molecule has 0 fully saturated rings. The minimum Gasteiger partial charge on any atom is -0.207 e. The van der Waals surface area contributed by atoms with Crippen LogP contribution in [0, 0.1) is 6.92 Å². The van der Waals surface area contributed by atoms with E-state index in [-0.39, 0.29) is 4.90 Å². The highest BCUT2D eigenvalue weighted by Crippen LogP contribution is 2.24. The molecule has 0 atom stereocenters. The minimum atomic E-state index is -3.45. The molecule has 7 nitrogen and oxygen atoms in total. The molecule has 0 aliphatic heterocycles. The normalized spacial score (nSPS) is 11.8. The Bertz CT molecular complexity index is 1020. The lowest BCUT2D eigenvalue weighted by molar-refractivity contribution is 0.520. The van der Waals surface area contributed by atoms with Crippen LogP contribution in [0.25, 0.3) is 5.69 Å². The maximum Gasteiger partial charge on any atom is 0.242 e. The smallest absolute Gasteiger partial charge is 0.207 e. The molecule has 3 rings (SSSR count). The molecular weight excluding hydrogens is 370 g/mol. The molecule has 0 saturated carbocycles. The van der Waals surface area contributed by atoms with E-state index in [4.69, 9.17) is 0 Å². The molecule has 0 saturated heterocycles. The van der Waals surface area contributed by atoms with Gasteiger partial charge in [0.05, 0.1) is 10.6 Å². The highest BCUT2D eigenvalue weighted by molar-refractivity contribution is 7.98. The van der Waals surface area contributed by atoms with Gasteiger partial charge in [0.25, 0.3) is 0 Å². The summed E-state index contributed by atoms with van der Waals surface area (Å²) < 4.78 is 27.4. The Labute approximate surface area is 157 Å². The van der Waals surface area contributed by atoms with Crippen LogP contribution in [0.5, 0.6) is 0 Å². The van der Waals surface area contributed by atoms with Gasteiger partial charge in [0.2, 0.25) is 15.2 Å². The van der Waals surface area contributed by atoms with E-state index in [2.05, 4.69) is 15.5 Å². The van der Waals surface area contributed by atoms with Crippen LogP contribution in [-0.4, -0.2) is 47.0 Å². The Morgan fingerprint density at radius 2 is 1.88 bits per heavy atom. The standard InChI is InChI=1S/C17H19N5O2S2/c1-13-6-4-8-15(10-13)22-17(18-19-20-22)25-12-14-7-5-9-16(11-14)26(23,24)21(2)3/h4-11H,12H2,1-3H3. The zero-order chi connectivity index (χ0) is 18.7. The predicted molar refractivity (Wildman–Crippen MR) is 101 cm³/mol. The average molecular weight is 390 g/mol. The van der Waals surface area contributed by atoms with Crippen molar-refractivity contribution in [3.8, 4) is 5.69 Å². The van der Waals surface area contributed by atoms with Crippen LogP contribution in [0.1, 0.15) is 11.1 Å². The zero-order valence-electron chi connectivity index (χ0n) is 14.7. The van der Waals surface area contributed by atoms with Gasteiger partial charge in [0, 0.05) is 19.8 Å². The summed E-state index contributed by atoms with van der Waals surface area (Å²) in [7, 11) is -0.408. The van der Waals surface area contributed by atoms with E-state index in [1.54, 1.807) is 22.9 Å². The Kier molecular flexibility index (Phi) is 5.40. The van der Waals surface area contributed by atoms with Crippen LogP contribution in [0.2, 0.25) is 0 Å². The van der Waals surface area contributed by atoms with Gasteiger partial charge in [0.1, 0.15) is 0 Å². The SMILES string of the molecule is Cc1cccc(-n2nnnc2SCc2cccc(S(=O)(=O)N(C)C)c2)c1. The number of benzene rings is 2. The molecule has 0 aliphatic rings. The molecule has 1 aromatic heterocycles. The summed E-state index contributed by atoms with van der Waals surface area (Å²) in [5, 5.41) is 12.5. The highest BCUT2D eigenvalue weighted by Gasteiger charge is 2.17. The number of hydrogen-bond acceptors (Lipinski definition) is 6. The number of aromatic nitrogens is 4. The summed E-state index contributed by atoms with van der Waals surface area (Å²) in [5.41, 5.74) is 2.90. The fourth-order valence-corrected chi connectivity index (χ4v) is 4.15. The van der Waals surface area contributed by atoms with Crippen LogP contribution in [0.3, 0.4) is 0 Å². The van der Waals surface area contributed by atoms with Crippen molar-refractivity contribution in [3.63, 3.8) is 0 Å². The summed E-state index contributed by atoms with van der Waals surface area (Å²) in [4.78, 5) is 0.277. The number of tetrazole rings is 1. The monoisotopic (exact) mass is 389 g/mol. The summed E-state index contributed by atoms with van der Waals surface area (Å²) >= 11 is 1.45. The Balaban J connectivity index is 1.80. The van der Waals surface area contributed by atoms with Gasteiger partial charge in [-0.05, 0) is 52.7 Å². The number of thioether (sulfide) groups is 1. The van der Waals surface area contributed by atoms with Crippen molar-refractivity contribution in [2.75, 3.05) is 14.1 Å². The number of sulfonamides is 1. The number of nitrogens with zero attached hydrogens (tertiary/aromatic N) is 5. The van der Waals surface area contributed by atoms with Crippen molar-refractivity contribution in [2.45, 2.75) is 22.7 Å². The zero-order valence-corrected chi connectivity index (χ0v) is 16.3. The van der Waals surface area contributed by atoms with E-state index in [9.17, 15) is 8.42 Å². The van der Waals surface area contributed by atoms with Crippen LogP contribution < -0.4 is 0 Å². The molecule has 136 valence electrons. The van der Waals surface area contributed by atoms with Gasteiger partial charge < -0.3 is 0 Å². The van der Waals surface area contributed by atoms with Crippen molar-refractivity contribution < 1.29 is 8.42 Å². The van der Waals surface area contributed by atoms with Crippen LogP contribution in [0.4, 0.5) is 0 Å². The molecule has 2 aromatic carbocycles. The number of hydrogen-bond donors (Lipinski definition) is 0. The third-order valence-corrected chi connectivity index (χ3v) is 6.53. The molecule has 0 spiro atoms. The first-order valence-corrected chi connectivity index (χ1v) is 10.3. The van der Waals surface area contributed by atoms with Crippen molar-refractivity contribution in [3.05, 3.63) is 59.7 Å². The van der Waals surface area contributed by atoms with Crippen molar-refractivity contribution >= 4 is 21.8 Å². The number of rotatable bonds is 6. The van der Waals surface area contributed by atoms with Gasteiger partial charge in [0.15, 0.2) is 0 Å². The molecule has 9 heteroatoms. The first kappa shape index (κ1) is 18.6. The lowest BCUT2D eigenvalue weighted by atomic mass is 10.2. The van der Waals surface area contributed by atoms with Gasteiger partial charge in [-0.15, -0.1) is 5.10 Å². The quantitative estimate of drug-likeness (QED) is 0.603. The van der Waals surface area contributed by atoms with Crippen molar-refractivity contribution in [2.24, 2.45) is 0 Å². The molecule has 1 heterocycles. The van der Waals surface area contributed by atoms with E-state index in [0.29, 0.717) is 10.9 Å². The van der Waals surface area contributed by atoms with Crippen LogP contribution >= 0.6 is 11.8 Å². The van der Waals surface area contributed by atoms with Gasteiger partial charge in [-0.1, -0.05) is 36.0 Å². The molecule has 3 aromatic rings. The predicted octanol–water partition coefficient (Wildman–Crippen LogP) is 2.51. The van der Waals surface area contributed by atoms with Gasteiger partial charge in [-0.2, -0.15) is 4.68 Å². The summed E-state index contributed by atoms with van der Waals surface area (Å²) in [6.07, 6.45) is 0. The van der Waals surface area contributed by atoms with E-state index in [0.717, 1.165) is 16.8 Å². The minimum absolute atomic E-state index is 0.277. The fraction of sp³-hybridized carbons (Fsp3) is 0.235. The maximum atomic E-state index is 12.3. The van der Waals surface area contributed by atoms with E-state index in [1.165, 1.54) is 30.2 Å². The van der Waals surface area contributed by atoms with Gasteiger partial charge in [-0.3, -0.25) is 0 Å². The Hall–Kier alpha value is -2.23. The molecule has 0 amide bonds. The summed E-state index contributed by atoms with van der Waals surface area (Å²) in [6, 6.07) is 14.8. The summed E-state index contributed by atoms with van der Waals surface area (Å²) in [6.45, 7) is 2.01. The van der Waals surface area contributed by atoms with Crippen molar-refractivity contribution in [1.29, 1.82) is 0 Å². The van der Waals surface area contributed by atoms with E-state index in [1.807, 2.05) is 37.3 Å². The summed E-state index contributed by atoms with van der Waals surface area (Å²) in [5.74, 6) is 0.559. The highest BCUT2D eigenvalue weighted by atomic mass is 32.2. The molecule has 0 unspecified atom stereocenters. The van der Waals surface area contributed by atoms with Gasteiger partial charge in [-0.25, -0.2) is 12.7 Å². The lowest BCUT2D eigenvalue weighted by Crippen LogP contribution is -2.22. The fourth-order valence-electron chi connectivity index (χ4n) is 2.35. The third-order valence-electron chi connectivity index (χ3n) is 3.73. The Morgan fingerprint density at radius 1 is 1.12 bits per heavy atom. The van der Waals surface area contributed by atoms with Crippen LogP contribution in [-0.2, 0) is 15.8 Å². The second-order valence-corrected chi connectivity index (χ2v) is 9.03. The average Bonchev–Trinajstić information content (AvgIpc) is 3.08. The molecular formula is C17H19N5O2S2. The molecule has 0 radical (unpaired) electrons. The van der Waals surface area contributed by atoms with E-state index < -0.39 is 10.0 Å². The van der Waals surface area contributed by atoms with Crippen molar-refractivity contribution in [1.82, 2.24) is 24.5 Å². The second-order valence-electron chi connectivity index (χ2n) is 5.94. The van der Waals surface area contributed by atoms with E-state index >= 15 is 0 Å². The number of aryl methyl sites for hydroxylation is 1. The maximum absolute atomic E-state index is 12.3. The topological polar surface area (TPSA) is 81.0 Å².